The molecule has 2 heterocycles. The van der Waals surface area contributed by atoms with Crippen molar-refractivity contribution in [3.05, 3.63) is 70.6 Å². The smallest absolute Gasteiger partial charge is 0.258 e. The van der Waals surface area contributed by atoms with E-state index in [0.29, 0.717) is 21.5 Å². The Bertz CT molecular complexity index is 1160. The summed E-state index contributed by atoms with van der Waals surface area (Å²) in [5.41, 5.74) is 2.61. The van der Waals surface area contributed by atoms with Crippen molar-refractivity contribution in [1.82, 2.24) is 10.1 Å². The Morgan fingerprint density at radius 1 is 1.21 bits per heavy atom. The number of thiazole rings is 1. The van der Waals surface area contributed by atoms with E-state index in [1.54, 1.807) is 12.1 Å². The maximum Gasteiger partial charge on any atom is 0.258 e. The first-order valence-electron chi connectivity index (χ1n) is 8.63. The number of rotatable bonds is 5. The van der Waals surface area contributed by atoms with Crippen molar-refractivity contribution in [1.29, 1.82) is 0 Å². The number of fused-ring (bicyclic) bond motifs is 1. The number of anilines is 1. The molecule has 0 spiro atoms. The lowest BCUT2D eigenvalue weighted by Gasteiger charge is -2.08. The summed E-state index contributed by atoms with van der Waals surface area (Å²) in [6, 6.07) is 9.31. The molecule has 1 N–H and O–H groups in total. The second-order valence-electron chi connectivity index (χ2n) is 6.29. The van der Waals surface area contributed by atoms with Crippen LogP contribution in [0.15, 0.2) is 45.8 Å². The van der Waals surface area contributed by atoms with E-state index in [9.17, 15) is 13.6 Å². The maximum atomic E-state index is 13.4. The molecule has 0 aliphatic rings. The van der Waals surface area contributed by atoms with Gasteiger partial charge in [-0.15, -0.1) is 11.8 Å². The largest absolute Gasteiger partial charge is 0.361 e. The standard InChI is InChI=1S/C20H15F2N3O2S2/c1-10-13(11(2)27-25-10)9-28-17-6-4-3-5-12(17)19(26)24-20-23-16-7-14(21)15(22)8-18(16)29-20/h3-8H,9H2,1-2H3,(H,23,24,26). The Morgan fingerprint density at radius 3 is 2.72 bits per heavy atom. The zero-order chi connectivity index (χ0) is 20.5. The molecule has 0 aliphatic heterocycles. The van der Waals surface area contributed by atoms with Crippen molar-refractivity contribution in [3.63, 3.8) is 0 Å². The molecule has 5 nitrogen and oxygen atoms in total. The number of aromatic nitrogens is 2. The molecule has 9 heteroatoms. The molecular weight excluding hydrogens is 416 g/mol. The van der Waals surface area contributed by atoms with Crippen molar-refractivity contribution >= 4 is 44.4 Å². The molecule has 0 saturated carbocycles. The van der Waals surface area contributed by atoms with Crippen molar-refractivity contribution in [3.8, 4) is 0 Å². The Morgan fingerprint density at radius 2 is 1.97 bits per heavy atom. The molecule has 1 amide bonds. The highest BCUT2D eigenvalue weighted by Crippen LogP contribution is 2.31. The van der Waals surface area contributed by atoms with Crippen LogP contribution in [-0.2, 0) is 5.75 Å². The van der Waals surface area contributed by atoms with E-state index in [0.717, 1.165) is 45.4 Å². The molecule has 4 rings (SSSR count). The van der Waals surface area contributed by atoms with E-state index < -0.39 is 11.6 Å². The van der Waals surface area contributed by atoms with Gasteiger partial charge in [-0.1, -0.05) is 28.6 Å². The van der Waals surface area contributed by atoms with E-state index in [1.807, 2.05) is 26.0 Å². The van der Waals surface area contributed by atoms with Crippen LogP contribution in [0, 0.1) is 25.5 Å². The number of amides is 1. The zero-order valence-electron chi connectivity index (χ0n) is 15.5. The Balaban J connectivity index is 1.55. The van der Waals surface area contributed by atoms with Gasteiger partial charge in [0.25, 0.3) is 5.91 Å². The van der Waals surface area contributed by atoms with Crippen LogP contribution < -0.4 is 5.32 Å². The summed E-state index contributed by atoms with van der Waals surface area (Å²) in [4.78, 5) is 17.8. The molecule has 2 aromatic heterocycles. The third-order valence-corrected chi connectivity index (χ3v) is 6.37. The van der Waals surface area contributed by atoms with Crippen LogP contribution in [0.4, 0.5) is 13.9 Å². The fourth-order valence-electron chi connectivity index (χ4n) is 2.78. The lowest BCUT2D eigenvalue weighted by Crippen LogP contribution is -2.12. The molecule has 0 fully saturated rings. The van der Waals surface area contributed by atoms with E-state index in [1.165, 1.54) is 11.8 Å². The number of thioether (sulfide) groups is 1. The van der Waals surface area contributed by atoms with Crippen molar-refractivity contribution in [2.24, 2.45) is 0 Å². The average Bonchev–Trinajstić information content (AvgIpc) is 3.22. The van der Waals surface area contributed by atoms with Crippen LogP contribution in [0.25, 0.3) is 10.2 Å². The highest BCUT2D eigenvalue weighted by molar-refractivity contribution is 7.98. The fraction of sp³-hybridized carbons (Fsp3) is 0.150. The van der Waals surface area contributed by atoms with Crippen LogP contribution in [0.1, 0.15) is 27.4 Å². The summed E-state index contributed by atoms with van der Waals surface area (Å²) in [6.07, 6.45) is 0. The number of hydrogen-bond donors (Lipinski definition) is 1. The maximum absolute atomic E-state index is 13.4. The normalized spacial score (nSPS) is 11.2. The van der Waals surface area contributed by atoms with Crippen LogP contribution >= 0.6 is 23.1 Å². The lowest BCUT2D eigenvalue weighted by molar-refractivity contribution is 0.102. The summed E-state index contributed by atoms with van der Waals surface area (Å²) in [6.45, 7) is 3.73. The summed E-state index contributed by atoms with van der Waals surface area (Å²) in [5, 5.41) is 6.95. The molecule has 0 radical (unpaired) electrons. The second kappa shape index (κ2) is 7.92. The number of carbonyl (C=O) groups is 1. The summed E-state index contributed by atoms with van der Waals surface area (Å²) >= 11 is 2.59. The van der Waals surface area contributed by atoms with Crippen LogP contribution in [-0.4, -0.2) is 16.0 Å². The molecule has 0 atom stereocenters. The number of nitrogens with zero attached hydrogens (tertiary/aromatic N) is 2. The lowest BCUT2D eigenvalue weighted by atomic mass is 10.2. The highest BCUT2D eigenvalue weighted by Gasteiger charge is 2.16. The summed E-state index contributed by atoms with van der Waals surface area (Å²) < 4.78 is 32.4. The molecule has 0 aliphatic carbocycles. The third-order valence-electron chi connectivity index (χ3n) is 4.34. The van der Waals surface area contributed by atoms with Gasteiger partial charge in [0.1, 0.15) is 5.76 Å². The fourth-order valence-corrected chi connectivity index (χ4v) is 4.85. The monoisotopic (exact) mass is 431 g/mol. The van der Waals surface area contributed by atoms with Crippen molar-refractivity contribution < 1.29 is 18.1 Å². The third kappa shape index (κ3) is 4.01. The number of benzene rings is 2. The molecule has 2 aromatic carbocycles. The van der Waals surface area contributed by atoms with Crippen LogP contribution in [0.2, 0.25) is 0 Å². The van der Waals surface area contributed by atoms with Gasteiger partial charge in [0.15, 0.2) is 16.8 Å². The van der Waals surface area contributed by atoms with Gasteiger partial charge in [-0.05, 0) is 32.0 Å². The van der Waals surface area contributed by atoms with Gasteiger partial charge in [0.2, 0.25) is 0 Å². The van der Waals surface area contributed by atoms with Gasteiger partial charge in [0.05, 0.1) is 21.5 Å². The van der Waals surface area contributed by atoms with Gasteiger partial charge in [0, 0.05) is 22.3 Å². The number of nitrogens with one attached hydrogen (secondary N) is 1. The minimum absolute atomic E-state index is 0.278. The van der Waals surface area contributed by atoms with E-state index in [4.69, 9.17) is 4.52 Å². The SMILES string of the molecule is Cc1noc(C)c1CSc1ccccc1C(=O)Nc1nc2cc(F)c(F)cc2s1. The molecule has 148 valence electrons. The first kappa shape index (κ1) is 19.5. The van der Waals surface area contributed by atoms with Crippen molar-refractivity contribution in [2.45, 2.75) is 24.5 Å². The first-order valence-corrected chi connectivity index (χ1v) is 10.4. The molecule has 0 saturated heterocycles. The topological polar surface area (TPSA) is 68.0 Å². The van der Waals surface area contributed by atoms with Gasteiger partial charge in [-0.25, -0.2) is 13.8 Å². The van der Waals surface area contributed by atoms with Crippen molar-refractivity contribution in [2.75, 3.05) is 5.32 Å². The second-order valence-corrected chi connectivity index (χ2v) is 8.34. The molecule has 0 unspecified atom stereocenters. The summed E-state index contributed by atoms with van der Waals surface area (Å²) in [5.74, 6) is -0.884. The minimum atomic E-state index is -0.971. The molecule has 4 aromatic rings. The van der Waals surface area contributed by atoms with Gasteiger partial charge < -0.3 is 4.52 Å². The van der Waals surface area contributed by atoms with Crippen LogP contribution in [0.5, 0.6) is 0 Å². The quantitative estimate of drug-likeness (QED) is 0.409. The van der Waals surface area contributed by atoms with Gasteiger partial charge >= 0.3 is 0 Å². The summed E-state index contributed by atoms with van der Waals surface area (Å²) in [7, 11) is 0. The Labute approximate surface area is 173 Å². The number of hydrogen-bond acceptors (Lipinski definition) is 6. The number of carbonyl (C=O) groups excluding carboxylic acids is 1. The number of halogens is 2. The van der Waals surface area contributed by atoms with Crippen LogP contribution in [0.3, 0.4) is 0 Å². The predicted molar refractivity (Wildman–Crippen MR) is 109 cm³/mol. The van der Waals surface area contributed by atoms with E-state index in [-0.39, 0.29) is 11.0 Å². The first-order chi connectivity index (χ1) is 13.9. The van der Waals surface area contributed by atoms with Gasteiger partial charge in [-0.2, -0.15) is 0 Å². The van der Waals surface area contributed by atoms with E-state index >= 15 is 0 Å². The predicted octanol–water partition coefficient (Wildman–Crippen LogP) is 5.72. The molecule has 0 bridgehead atoms. The zero-order valence-corrected chi connectivity index (χ0v) is 17.1. The Hall–Kier alpha value is -2.78. The highest BCUT2D eigenvalue weighted by atomic mass is 32.2. The minimum Gasteiger partial charge on any atom is -0.361 e. The van der Waals surface area contributed by atoms with Gasteiger partial charge in [-0.3, -0.25) is 10.1 Å². The Kier molecular flexibility index (Phi) is 5.33. The molecule has 29 heavy (non-hydrogen) atoms. The number of aryl methyl sites for hydroxylation is 2. The average molecular weight is 431 g/mol. The molecular formula is C20H15F2N3O2S2. The van der Waals surface area contributed by atoms with E-state index in [2.05, 4.69) is 15.5 Å².